The number of carbonyl (C=O) groups excluding carboxylic acids is 1. The molecule has 0 unspecified atom stereocenters. The number of carbonyl (C=O) groups is 1. The maximum Gasteiger partial charge on any atom is 0.252 e. The molecule has 0 fully saturated rings. The van der Waals surface area contributed by atoms with Gasteiger partial charge in [-0.05, 0) is 18.1 Å². The van der Waals surface area contributed by atoms with Gasteiger partial charge in [0.15, 0.2) is 5.75 Å². The highest BCUT2D eigenvalue weighted by Crippen LogP contribution is 2.31. The molecule has 6 heteroatoms. The highest BCUT2D eigenvalue weighted by atomic mass is 35.5. The van der Waals surface area contributed by atoms with Gasteiger partial charge >= 0.3 is 0 Å². The van der Waals surface area contributed by atoms with Crippen LogP contribution in [0.1, 0.15) is 24.2 Å². The molecule has 0 spiro atoms. The van der Waals surface area contributed by atoms with E-state index in [0.717, 1.165) is 0 Å². The molecule has 1 aromatic rings. The van der Waals surface area contributed by atoms with Gasteiger partial charge in [-0.3, -0.25) is 4.79 Å². The monoisotopic (exact) mass is 286 g/mol. The highest BCUT2D eigenvalue weighted by molar-refractivity contribution is 6.33. The summed E-state index contributed by atoms with van der Waals surface area (Å²) in [4.78, 5) is 11.3. The molecule has 0 saturated carbocycles. The molecule has 106 valence electrons. The van der Waals surface area contributed by atoms with E-state index in [-0.39, 0.29) is 22.9 Å². The molecule has 4 N–H and O–H groups in total. The van der Waals surface area contributed by atoms with Gasteiger partial charge in [0.25, 0.3) is 5.91 Å². The highest BCUT2D eigenvalue weighted by Gasteiger charge is 2.14. The van der Waals surface area contributed by atoms with Gasteiger partial charge in [-0.2, -0.15) is 0 Å². The molecule has 0 saturated heterocycles. The Labute approximate surface area is 117 Å². The van der Waals surface area contributed by atoms with E-state index in [1.165, 1.54) is 12.1 Å². The number of anilines is 1. The summed E-state index contributed by atoms with van der Waals surface area (Å²) in [5, 5.41) is 0.262. The Morgan fingerprint density at radius 1 is 1.37 bits per heavy atom. The number of hydrogen-bond donors (Lipinski definition) is 2. The number of rotatable bonds is 7. The molecule has 1 rings (SSSR count). The van der Waals surface area contributed by atoms with Gasteiger partial charge in [-0.1, -0.05) is 25.4 Å². The average Bonchev–Trinajstić information content (AvgIpc) is 2.29. The first-order valence-electron chi connectivity index (χ1n) is 6.01. The fourth-order valence-electron chi connectivity index (χ4n) is 1.47. The lowest BCUT2D eigenvalue weighted by Gasteiger charge is -2.13. The van der Waals surface area contributed by atoms with Crippen LogP contribution < -0.4 is 16.2 Å². The minimum atomic E-state index is -0.632. The van der Waals surface area contributed by atoms with Crippen molar-refractivity contribution in [3.8, 4) is 5.75 Å². The molecule has 0 aliphatic carbocycles. The van der Waals surface area contributed by atoms with Crippen molar-refractivity contribution >= 4 is 23.2 Å². The van der Waals surface area contributed by atoms with Gasteiger partial charge in [-0.15, -0.1) is 0 Å². The normalized spacial score (nSPS) is 10.7. The second kappa shape index (κ2) is 7.21. The molecular weight excluding hydrogens is 268 g/mol. The van der Waals surface area contributed by atoms with E-state index < -0.39 is 5.91 Å². The van der Waals surface area contributed by atoms with Gasteiger partial charge in [0.2, 0.25) is 0 Å². The lowest BCUT2D eigenvalue weighted by molar-refractivity contribution is 0.0810. The first kappa shape index (κ1) is 15.6. The van der Waals surface area contributed by atoms with Crippen LogP contribution in [-0.2, 0) is 4.74 Å². The molecule has 19 heavy (non-hydrogen) atoms. The second-order valence-corrected chi connectivity index (χ2v) is 4.97. The first-order valence-corrected chi connectivity index (χ1v) is 6.39. The Bertz CT molecular complexity index is 450. The van der Waals surface area contributed by atoms with Gasteiger partial charge < -0.3 is 20.9 Å². The molecule has 0 aliphatic heterocycles. The fraction of sp³-hybridized carbons (Fsp3) is 0.462. The van der Waals surface area contributed by atoms with Crippen molar-refractivity contribution in [2.24, 2.45) is 11.7 Å². The zero-order valence-corrected chi connectivity index (χ0v) is 11.9. The van der Waals surface area contributed by atoms with E-state index >= 15 is 0 Å². The van der Waals surface area contributed by atoms with Crippen LogP contribution in [0.4, 0.5) is 5.69 Å². The third kappa shape index (κ3) is 4.96. The summed E-state index contributed by atoms with van der Waals surface area (Å²) < 4.78 is 10.8. The standard InChI is InChI=1S/C13H19ClN2O3/c1-8(2)7-18-3-4-19-12-10(13(16)17)5-9(15)6-11(12)14/h5-6,8H,3-4,7,15H2,1-2H3,(H2,16,17). The van der Waals surface area contributed by atoms with Gasteiger partial charge in [0.1, 0.15) is 6.61 Å². The Balaban J connectivity index is 2.64. The zero-order chi connectivity index (χ0) is 14.4. The summed E-state index contributed by atoms with van der Waals surface area (Å²) in [6.07, 6.45) is 0. The second-order valence-electron chi connectivity index (χ2n) is 4.56. The van der Waals surface area contributed by atoms with Gasteiger partial charge in [-0.25, -0.2) is 0 Å². The van der Waals surface area contributed by atoms with Crippen LogP contribution in [-0.4, -0.2) is 25.7 Å². The predicted molar refractivity (Wildman–Crippen MR) is 75.5 cm³/mol. The summed E-state index contributed by atoms with van der Waals surface area (Å²) in [5.41, 5.74) is 11.4. The van der Waals surface area contributed by atoms with E-state index in [1.807, 2.05) is 0 Å². The van der Waals surface area contributed by atoms with Crippen molar-refractivity contribution in [2.75, 3.05) is 25.6 Å². The van der Waals surface area contributed by atoms with Crippen molar-refractivity contribution < 1.29 is 14.3 Å². The van der Waals surface area contributed by atoms with Crippen molar-refractivity contribution in [1.29, 1.82) is 0 Å². The molecular formula is C13H19ClN2O3. The number of nitrogens with two attached hydrogens (primary N) is 2. The molecule has 0 aliphatic rings. The molecule has 0 aromatic heterocycles. The molecule has 0 heterocycles. The number of amides is 1. The number of halogens is 1. The van der Waals surface area contributed by atoms with E-state index in [1.54, 1.807) is 0 Å². The number of nitrogen functional groups attached to an aromatic ring is 1. The lowest BCUT2D eigenvalue weighted by atomic mass is 10.1. The Morgan fingerprint density at radius 3 is 2.63 bits per heavy atom. The topological polar surface area (TPSA) is 87.6 Å². The van der Waals surface area contributed by atoms with Crippen LogP contribution in [0, 0.1) is 5.92 Å². The third-order valence-electron chi connectivity index (χ3n) is 2.26. The smallest absolute Gasteiger partial charge is 0.252 e. The minimum absolute atomic E-state index is 0.175. The van der Waals surface area contributed by atoms with Crippen LogP contribution in [0.3, 0.4) is 0 Å². The number of primary amides is 1. The minimum Gasteiger partial charge on any atom is -0.489 e. The van der Waals surface area contributed by atoms with E-state index in [0.29, 0.717) is 24.8 Å². The SMILES string of the molecule is CC(C)COCCOc1c(Cl)cc(N)cc1C(N)=O. The van der Waals surface area contributed by atoms with Gasteiger partial charge in [0, 0.05) is 12.3 Å². The molecule has 0 atom stereocenters. The first-order chi connectivity index (χ1) is 8.91. The van der Waals surface area contributed by atoms with Gasteiger partial charge in [0.05, 0.1) is 17.2 Å². The average molecular weight is 287 g/mol. The molecule has 5 nitrogen and oxygen atoms in total. The zero-order valence-electron chi connectivity index (χ0n) is 11.1. The van der Waals surface area contributed by atoms with Crippen LogP contribution >= 0.6 is 11.6 Å². The van der Waals surface area contributed by atoms with Crippen LogP contribution in [0.2, 0.25) is 5.02 Å². The third-order valence-corrected chi connectivity index (χ3v) is 2.54. The van der Waals surface area contributed by atoms with Crippen molar-refractivity contribution in [2.45, 2.75) is 13.8 Å². The lowest BCUT2D eigenvalue weighted by Crippen LogP contribution is -2.16. The Hall–Kier alpha value is -1.46. The largest absolute Gasteiger partial charge is 0.489 e. The van der Waals surface area contributed by atoms with Crippen LogP contribution in [0.15, 0.2) is 12.1 Å². The van der Waals surface area contributed by atoms with Crippen molar-refractivity contribution in [3.63, 3.8) is 0 Å². The predicted octanol–water partition coefficient (Wildman–Crippen LogP) is 2.07. The Kier molecular flexibility index (Phi) is 5.92. The molecule has 0 bridgehead atoms. The van der Waals surface area contributed by atoms with Crippen LogP contribution in [0.5, 0.6) is 5.75 Å². The fourth-order valence-corrected chi connectivity index (χ4v) is 1.75. The van der Waals surface area contributed by atoms with E-state index in [4.69, 9.17) is 32.5 Å². The molecule has 0 radical (unpaired) electrons. The molecule has 1 aromatic carbocycles. The van der Waals surface area contributed by atoms with Crippen molar-refractivity contribution in [1.82, 2.24) is 0 Å². The summed E-state index contributed by atoms with van der Waals surface area (Å²) >= 11 is 5.99. The number of hydrogen-bond acceptors (Lipinski definition) is 4. The van der Waals surface area contributed by atoms with E-state index in [9.17, 15) is 4.79 Å². The Morgan fingerprint density at radius 2 is 2.05 bits per heavy atom. The summed E-state index contributed by atoms with van der Waals surface area (Å²) in [6.45, 7) is 5.47. The summed E-state index contributed by atoms with van der Waals surface area (Å²) in [5.74, 6) is 0.0742. The number of benzene rings is 1. The number of ether oxygens (including phenoxy) is 2. The van der Waals surface area contributed by atoms with Crippen molar-refractivity contribution in [3.05, 3.63) is 22.7 Å². The summed E-state index contributed by atoms with van der Waals surface area (Å²) in [7, 11) is 0. The summed E-state index contributed by atoms with van der Waals surface area (Å²) in [6, 6.07) is 2.96. The molecule has 1 amide bonds. The quantitative estimate of drug-likeness (QED) is 0.593. The maximum atomic E-state index is 11.3. The van der Waals surface area contributed by atoms with Crippen LogP contribution in [0.25, 0.3) is 0 Å². The maximum absolute atomic E-state index is 11.3. The van der Waals surface area contributed by atoms with E-state index in [2.05, 4.69) is 13.8 Å².